The fraction of sp³-hybridized carbons (Fsp3) is 0.417. The molecule has 4 heterocycles. The van der Waals surface area contributed by atoms with Crippen LogP contribution in [-0.2, 0) is 58.4 Å². The van der Waals surface area contributed by atoms with Crippen LogP contribution in [0.3, 0.4) is 0 Å². The van der Waals surface area contributed by atoms with Crippen molar-refractivity contribution in [3.63, 3.8) is 0 Å². The minimum absolute atomic E-state index is 0.188. The van der Waals surface area contributed by atoms with E-state index in [-0.39, 0.29) is 60.4 Å². The maximum atomic E-state index is 15.0. The first-order valence-electron chi connectivity index (χ1n) is 32.7. The van der Waals surface area contributed by atoms with E-state index in [9.17, 15) is 54.3 Å². The number of primary amides is 2. The number of quaternary nitrogens is 2. The van der Waals surface area contributed by atoms with Gasteiger partial charge in [0.05, 0.1) is 54.4 Å². The molecular weight excluding hydrogens is 1310 g/mol. The highest BCUT2D eigenvalue weighted by Crippen LogP contribution is 2.29. The van der Waals surface area contributed by atoms with Crippen LogP contribution in [0.1, 0.15) is 67.9 Å². The number of carbonyl (C=O) groups is 6. The van der Waals surface area contributed by atoms with Crippen molar-refractivity contribution in [2.45, 2.75) is 89.6 Å². The van der Waals surface area contributed by atoms with Crippen LogP contribution in [0.4, 0.5) is 35.1 Å². The molecule has 4 fully saturated rings. The van der Waals surface area contributed by atoms with Crippen LogP contribution in [0.2, 0.25) is 0 Å². The maximum Gasteiger partial charge on any atom is 0.430 e. The smallest absolute Gasteiger partial charge is 0.430 e. The molecule has 0 radical (unpaired) electrons. The summed E-state index contributed by atoms with van der Waals surface area (Å²) < 4.78 is 94.2. The molecule has 20 nitrogen and oxygen atoms in total. The van der Waals surface area contributed by atoms with E-state index in [4.69, 9.17) is 31.3 Å². The molecule has 0 aliphatic carbocycles. The molecule has 0 saturated carbocycles. The van der Waals surface area contributed by atoms with E-state index < -0.39 is 24.3 Å². The van der Waals surface area contributed by atoms with Crippen LogP contribution in [0.5, 0.6) is 0 Å². The number of alkyl halides is 6. The molecule has 6 aromatic carbocycles. The van der Waals surface area contributed by atoms with Gasteiger partial charge in [-0.25, -0.2) is 8.78 Å². The Hall–Kier alpha value is -8.74. The number of likely N-dealkylation sites (N-methyl/N-ethyl adjacent to an activating group) is 2. The molecule has 6 aromatic rings. The standard InChI is InChI=1S/2C34H43FN6O2.2C2HF3O2/c2*1-24-20-39(13-12-37-24)21-26-6-4-8-28(16-26)30-18-25(10-11-31(30)35)19-38-34(43)29-9-5-7-27(17-29)22-40-14-15-41(2,3)32(23-40)33(36)42;2*3-2(4,5)1(6)7/h2*4-11,16-18,24,32,37H,12-15,19-23H2,1-3H3,(H2-,36,38,42,43);2*(H,6,7)/t2*24-,32?;;/m00../s1. The van der Waals surface area contributed by atoms with E-state index in [2.05, 4.69) is 79.0 Å². The number of nitrogens with two attached hydrogens (primary N) is 2. The number of carbonyl (C=O) groups excluding carboxylic acids is 6. The predicted octanol–water partition coefficient (Wildman–Crippen LogP) is 4.52. The van der Waals surface area contributed by atoms with Crippen LogP contribution in [-0.4, -0.2) is 207 Å². The van der Waals surface area contributed by atoms with Gasteiger partial charge in [0, 0.05) is 126 Å². The van der Waals surface area contributed by atoms with Gasteiger partial charge in [-0.1, -0.05) is 72.8 Å². The lowest BCUT2D eigenvalue weighted by molar-refractivity contribution is -0.910. The summed E-state index contributed by atoms with van der Waals surface area (Å²) >= 11 is 0. The maximum absolute atomic E-state index is 15.0. The fourth-order valence-electron chi connectivity index (χ4n) is 12.4. The molecule has 28 heteroatoms. The molecule has 540 valence electrons. The number of nitrogens with zero attached hydrogens (tertiary/aromatic N) is 6. The quantitative estimate of drug-likeness (QED) is 0.0511. The van der Waals surface area contributed by atoms with Gasteiger partial charge in [0.1, 0.15) is 23.6 Å². The Morgan fingerprint density at radius 3 is 1.11 bits per heavy atom. The lowest BCUT2D eigenvalue weighted by Crippen LogP contribution is -2.65. The van der Waals surface area contributed by atoms with Gasteiger partial charge in [0.25, 0.3) is 23.6 Å². The lowest BCUT2D eigenvalue weighted by Gasteiger charge is -2.44. The summed E-state index contributed by atoms with van der Waals surface area (Å²) in [6, 6.07) is 41.7. The number of nitrogens with one attached hydrogen (secondary N) is 4. The number of rotatable bonds is 18. The first kappa shape index (κ1) is 78.6. The highest BCUT2D eigenvalue weighted by Gasteiger charge is 2.41. The van der Waals surface area contributed by atoms with Crippen molar-refractivity contribution in [2.75, 3.05) is 107 Å². The Kier molecular flexibility index (Phi) is 27.5. The zero-order valence-corrected chi connectivity index (χ0v) is 56.9. The monoisotopic (exact) mass is 1400 g/mol. The number of hydrogen-bond donors (Lipinski definition) is 6. The van der Waals surface area contributed by atoms with Gasteiger partial charge in [-0.05, 0) is 119 Å². The second-order valence-corrected chi connectivity index (χ2v) is 26.9. The number of hydrogen-bond acceptors (Lipinski definition) is 14. The Morgan fingerprint density at radius 1 is 0.470 bits per heavy atom. The SMILES string of the molecule is C[C@H]1CN(Cc2cccc(-c3cc(CNC(=O)c4cccc(CN5CC[N+](C)(C)C(C(N)=O)C5)c4)ccc3F)c2)CCN1.C[C@H]1CN(Cc2cccc(-c3cc(CNC(=O)c4cccc(CN5CC[N+](C)(C)C(C(N)=O)C5)c4)ccc3F)c2)CCN1.O=C([O-])C(F)(F)F.O=C([O-])C(F)(F)F. The summed E-state index contributed by atoms with van der Waals surface area (Å²) in [5.41, 5.74) is 21.2. The molecule has 4 aliphatic rings. The summed E-state index contributed by atoms with van der Waals surface area (Å²) in [6.07, 6.45) is -10.4. The summed E-state index contributed by atoms with van der Waals surface area (Å²) in [6.45, 7) is 18.3. The number of halogens is 8. The number of carboxylic acid groups (broad SMARTS) is 2. The molecule has 10 rings (SSSR count). The van der Waals surface area contributed by atoms with Crippen LogP contribution in [0.25, 0.3) is 22.3 Å². The van der Waals surface area contributed by atoms with Crippen LogP contribution >= 0.6 is 0 Å². The Bertz CT molecular complexity index is 3580. The zero-order chi connectivity index (χ0) is 73.3. The van der Waals surface area contributed by atoms with E-state index in [0.717, 1.165) is 123 Å². The number of piperazine rings is 4. The van der Waals surface area contributed by atoms with Crippen LogP contribution in [0, 0.1) is 11.6 Å². The van der Waals surface area contributed by atoms with Gasteiger partial charge < -0.3 is 61.5 Å². The second-order valence-electron chi connectivity index (χ2n) is 26.9. The lowest BCUT2D eigenvalue weighted by atomic mass is 10.00. The van der Waals surface area contributed by atoms with E-state index in [1.54, 1.807) is 24.3 Å². The molecule has 4 atom stereocenters. The molecular formula is C72H88F8N12O8. The summed E-state index contributed by atoms with van der Waals surface area (Å²) in [7, 11) is 8.14. The second kappa shape index (κ2) is 35.0. The minimum atomic E-state index is -5.19. The van der Waals surface area contributed by atoms with Crippen molar-refractivity contribution in [3.8, 4) is 22.3 Å². The van der Waals surface area contributed by atoms with Crippen molar-refractivity contribution in [2.24, 2.45) is 11.5 Å². The van der Waals surface area contributed by atoms with Crippen molar-refractivity contribution in [1.29, 1.82) is 0 Å². The van der Waals surface area contributed by atoms with Crippen LogP contribution in [0.15, 0.2) is 133 Å². The highest BCUT2D eigenvalue weighted by molar-refractivity contribution is 5.95. The third-order valence-electron chi connectivity index (χ3n) is 18.0. The average Bonchev–Trinajstić information content (AvgIpc) is 0.825. The third kappa shape index (κ3) is 23.7. The Morgan fingerprint density at radius 2 is 0.790 bits per heavy atom. The topological polar surface area (TPSA) is 262 Å². The fourth-order valence-corrected chi connectivity index (χ4v) is 12.4. The third-order valence-corrected chi connectivity index (χ3v) is 18.0. The van der Waals surface area contributed by atoms with Gasteiger partial charge in [-0.2, -0.15) is 26.3 Å². The molecule has 4 saturated heterocycles. The highest BCUT2D eigenvalue weighted by atomic mass is 19.4. The normalized spacial score (nSPS) is 19.6. The first-order chi connectivity index (χ1) is 47.0. The summed E-state index contributed by atoms with van der Waals surface area (Å²) in [4.78, 5) is 77.1. The molecule has 0 spiro atoms. The Balaban J connectivity index is 0.000000236. The van der Waals surface area contributed by atoms with Crippen molar-refractivity contribution in [1.82, 2.24) is 40.9 Å². The van der Waals surface area contributed by atoms with Crippen molar-refractivity contribution >= 4 is 35.6 Å². The number of benzene rings is 6. The van der Waals surface area contributed by atoms with Gasteiger partial charge in [-0.3, -0.25) is 38.8 Å². The number of carboxylic acids is 2. The van der Waals surface area contributed by atoms with Gasteiger partial charge in [0.2, 0.25) is 0 Å². The molecule has 4 aliphatic heterocycles. The van der Waals surface area contributed by atoms with Crippen LogP contribution < -0.4 is 42.9 Å². The summed E-state index contributed by atoms with van der Waals surface area (Å²) in [5, 5.41) is 30.5. The van der Waals surface area contributed by atoms with Gasteiger partial charge in [0.15, 0.2) is 12.1 Å². The number of amides is 4. The average molecular weight is 1400 g/mol. The van der Waals surface area contributed by atoms with E-state index in [1.165, 1.54) is 12.1 Å². The molecule has 0 bridgehead atoms. The molecule has 8 N–H and O–H groups in total. The van der Waals surface area contributed by atoms with Gasteiger partial charge in [-0.15, -0.1) is 0 Å². The number of aliphatic carboxylic acids is 2. The van der Waals surface area contributed by atoms with Gasteiger partial charge >= 0.3 is 12.4 Å². The molecule has 4 amide bonds. The van der Waals surface area contributed by atoms with E-state index >= 15 is 0 Å². The van der Waals surface area contributed by atoms with E-state index in [1.807, 2.05) is 101 Å². The van der Waals surface area contributed by atoms with Crippen molar-refractivity contribution in [3.05, 3.63) is 190 Å². The summed E-state index contributed by atoms with van der Waals surface area (Å²) in [5.74, 6) is -7.53. The molecule has 0 aromatic heterocycles. The molecule has 100 heavy (non-hydrogen) atoms. The first-order valence-corrected chi connectivity index (χ1v) is 32.7. The predicted molar refractivity (Wildman–Crippen MR) is 357 cm³/mol. The molecule has 2 unspecified atom stereocenters. The largest absolute Gasteiger partial charge is 0.542 e. The zero-order valence-electron chi connectivity index (χ0n) is 56.9. The minimum Gasteiger partial charge on any atom is -0.542 e. The Labute approximate surface area is 577 Å². The van der Waals surface area contributed by atoms with E-state index in [0.29, 0.717) is 69.5 Å². The van der Waals surface area contributed by atoms with Crippen molar-refractivity contribution < 1.29 is 83.1 Å².